The molecule has 0 aliphatic heterocycles. The average Bonchev–Trinajstić information content (AvgIpc) is 3.11. The van der Waals surface area contributed by atoms with Gasteiger partial charge in [0.25, 0.3) is 0 Å². The van der Waals surface area contributed by atoms with Crippen molar-refractivity contribution in [1.82, 2.24) is 0 Å². The highest BCUT2D eigenvalue weighted by Gasteiger charge is 2.59. The highest BCUT2D eigenvalue weighted by Crippen LogP contribution is 2.67. The molecule has 0 bridgehead atoms. The second kappa shape index (κ2) is 9.74. The van der Waals surface area contributed by atoms with Gasteiger partial charge in [-0.05, 0) is 106 Å². The molecule has 2 heteroatoms. The third-order valence-corrected chi connectivity index (χ3v) is 10.4. The summed E-state index contributed by atoms with van der Waals surface area (Å²) in [5.41, 5.74) is 3.80. The van der Waals surface area contributed by atoms with Crippen molar-refractivity contribution in [3.05, 3.63) is 35.5 Å². The van der Waals surface area contributed by atoms with E-state index in [-0.39, 0.29) is 12.1 Å². The Morgan fingerprint density at radius 3 is 2.67 bits per heavy atom. The Morgan fingerprint density at radius 1 is 1.15 bits per heavy atom. The second-order valence-electron chi connectivity index (χ2n) is 12.6. The van der Waals surface area contributed by atoms with Crippen LogP contribution in [0.25, 0.3) is 0 Å². The first-order valence-corrected chi connectivity index (χ1v) is 13.9. The minimum atomic E-state index is -0.00132. The third-order valence-electron chi connectivity index (χ3n) is 10.4. The van der Waals surface area contributed by atoms with E-state index in [1.807, 2.05) is 6.92 Å². The van der Waals surface area contributed by atoms with Crippen LogP contribution in [0, 0.1) is 40.4 Å². The summed E-state index contributed by atoms with van der Waals surface area (Å²) in [6, 6.07) is 0. The summed E-state index contributed by atoms with van der Waals surface area (Å²) in [6.45, 7) is 14.1. The van der Waals surface area contributed by atoms with E-state index >= 15 is 0 Å². The molecule has 2 nitrogen and oxygen atoms in total. The monoisotopic (exact) mass is 452 g/mol. The molecule has 184 valence electrons. The van der Waals surface area contributed by atoms with Gasteiger partial charge in [0.1, 0.15) is 6.10 Å². The van der Waals surface area contributed by atoms with E-state index in [0.717, 1.165) is 42.9 Å². The minimum Gasteiger partial charge on any atom is -0.462 e. The minimum absolute atomic E-state index is 0.00132. The van der Waals surface area contributed by atoms with Gasteiger partial charge in [0.15, 0.2) is 0 Å². The van der Waals surface area contributed by atoms with Crippen LogP contribution in [0.3, 0.4) is 0 Å². The lowest BCUT2D eigenvalue weighted by Gasteiger charge is -2.58. The van der Waals surface area contributed by atoms with E-state index in [2.05, 4.69) is 58.9 Å². The standard InChI is InChI=1S/C31H48O2/c1-7-9-29(32)33-24-16-18-30(5)23(20-24)12-13-25-27-15-14-26(22(4)11-8-10-21(2)3)31(27,6)19-17-28(25)30/h8,10-12,22,24-28H,7,9,13-20H2,1-6H3/t22-,24+,25+,26-,27?,28+,30+,31-/m1/s1. The number of fused-ring (bicyclic) bond motifs is 5. The molecule has 8 atom stereocenters. The molecule has 3 fully saturated rings. The normalized spacial score (nSPS) is 40.9. The van der Waals surface area contributed by atoms with Crippen molar-refractivity contribution in [3.8, 4) is 0 Å². The first kappa shape index (κ1) is 24.8. The molecule has 0 aromatic heterocycles. The highest BCUT2D eigenvalue weighted by atomic mass is 16.5. The molecule has 0 heterocycles. The van der Waals surface area contributed by atoms with Crippen LogP contribution in [0.1, 0.15) is 106 Å². The number of rotatable bonds is 6. The maximum atomic E-state index is 12.1. The molecule has 0 amide bonds. The van der Waals surface area contributed by atoms with E-state index in [1.54, 1.807) is 5.57 Å². The van der Waals surface area contributed by atoms with Crippen molar-refractivity contribution in [1.29, 1.82) is 0 Å². The van der Waals surface area contributed by atoms with Crippen molar-refractivity contribution in [2.75, 3.05) is 0 Å². The molecule has 4 rings (SSSR count). The van der Waals surface area contributed by atoms with Crippen LogP contribution in [0.2, 0.25) is 0 Å². The lowest BCUT2D eigenvalue weighted by atomic mass is 9.47. The van der Waals surface area contributed by atoms with Crippen LogP contribution < -0.4 is 0 Å². The van der Waals surface area contributed by atoms with Crippen LogP contribution in [-0.4, -0.2) is 12.1 Å². The van der Waals surface area contributed by atoms with E-state index < -0.39 is 0 Å². The summed E-state index contributed by atoms with van der Waals surface area (Å²) in [4.78, 5) is 12.1. The maximum absolute atomic E-state index is 12.1. The first-order chi connectivity index (χ1) is 15.7. The van der Waals surface area contributed by atoms with Crippen molar-refractivity contribution in [2.45, 2.75) is 112 Å². The molecule has 0 saturated heterocycles. The largest absolute Gasteiger partial charge is 0.462 e. The molecule has 3 saturated carbocycles. The van der Waals surface area contributed by atoms with Crippen molar-refractivity contribution >= 4 is 5.97 Å². The molecule has 0 spiro atoms. The molecule has 1 unspecified atom stereocenters. The molecule has 0 aromatic rings. The number of ether oxygens (including phenoxy) is 1. The van der Waals surface area contributed by atoms with E-state index in [4.69, 9.17) is 4.74 Å². The van der Waals surface area contributed by atoms with Gasteiger partial charge < -0.3 is 4.74 Å². The Bertz CT molecular complexity index is 815. The van der Waals surface area contributed by atoms with E-state index in [1.165, 1.54) is 44.1 Å². The molecular formula is C31H48O2. The fraction of sp³-hybridized carbons (Fsp3) is 0.774. The summed E-state index contributed by atoms with van der Waals surface area (Å²) >= 11 is 0. The van der Waals surface area contributed by atoms with E-state index in [0.29, 0.717) is 23.2 Å². The fourth-order valence-corrected chi connectivity index (χ4v) is 8.64. The topological polar surface area (TPSA) is 26.3 Å². The van der Waals surface area contributed by atoms with Gasteiger partial charge in [-0.25, -0.2) is 0 Å². The lowest BCUT2D eigenvalue weighted by Crippen LogP contribution is -2.51. The lowest BCUT2D eigenvalue weighted by molar-refractivity contribution is -0.151. The molecule has 0 N–H and O–H groups in total. The number of esters is 1. The number of hydrogen-bond donors (Lipinski definition) is 0. The summed E-state index contributed by atoms with van der Waals surface area (Å²) in [7, 11) is 0. The van der Waals surface area contributed by atoms with Crippen molar-refractivity contribution in [3.63, 3.8) is 0 Å². The van der Waals surface area contributed by atoms with Crippen LogP contribution in [0.5, 0.6) is 0 Å². The zero-order chi connectivity index (χ0) is 23.8. The summed E-state index contributed by atoms with van der Waals surface area (Å²) in [5, 5.41) is 0. The van der Waals surface area contributed by atoms with Gasteiger partial charge in [-0.15, -0.1) is 0 Å². The van der Waals surface area contributed by atoms with Crippen LogP contribution in [0.15, 0.2) is 35.5 Å². The van der Waals surface area contributed by atoms with Gasteiger partial charge >= 0.3 is 5.97 Å². The predicted octanol–water partition coefficient (Wildman–Crippen LogP) is 8.44. The molecular weight excluding hydrogens is 404 g/mol. The van der Waals surface area contributed by atoms with Gasteiger partial charge in [-0.1, -0.05) is 63.1 Å². The van der Waals surface area contributed by atoms with Crippen LogP contribution >= 0.6 is 0 Å². The average molecular weight is 453 g/mol. The number of carbonyl (C=O) groups is 1. The van der Waals surface area contributed by atoms with Gasteiger partial charge in [0.05, 0.1) is 0 Å². The fourth-order valence-electron chi connectivity index (χ4n) is 8.64. The zero-order valence-corrected chi connectivity index (χ0v) is 22.2. The zero-order valence-electron chi connectivity index (χ0n) is 22.2. The Balaban J connectivity index is 1.48. The van der Waals surface area contributed by atoms with Crippen molar-refractivity contribution < 1.29 is 9.53 Å². The molecule has 33 heavy (non-hydrogen) atoms. The first-order valence-electron chi connectivity index (χ1n) is 13.9. The molecule has 4 aliphatic rings. The summed E-state index contributed by atoms with van der Waals surface area (Å²) in [6.07, 6.45) is 21.2. The van der Waals surface area contributed by atoms with Gasteiger partial charge in [-0.2, -0.15) is 0 Å². The summed E-state index contributed by atoms with van der Waals surface area (Å²) in [5.74, 6) is 4.01. The van der Waals surface area contributed by atoms with Crippen LogP contribution in [-0.2, 0) is 9.53 Å². The second-order valence-corrected chi connectivity index (χ2v) is 12.6. The smallest absolute Gasteiger partial charge is 0.306 e. The van der Waals surface area contributed by atoms with Crippen molar-refractivity contribution in [2.24, 2.45) is 40.4 Å². The Labute approximate surface area is 203 Å². The van der Waals surface area contributed by atoms with Gasteiger partial charge in [0, 0.05) is 12.8 Å². The third kappa shape index (κ3) is 4.65. The molecule has 0 radical (unpaired) electrons. The van der Waals surface area contributed by atoms with Crippen LogP contribution in [0.4, 0.5) is 0 Å². The summed E-state index contributed by atoms with van der Waals surface area (Å²) < 4.78 is 5.84. The number of carbonyl (C=O) groups excluding carboxylic acids is 1. The van der Waals surface area contributed by atoms with E-state index in [9.17, 15) is 4.79 Å². The number of allylic oxidation sites excluding steroid dienone is 5. The Morgan fingerprint density at radius 2 is 1.94 bits per heavy atom. The van der Waals surface area contributed by atoms with Gasteiger partial charge in [-0.3, -0.25) is 4.79 Å². The molecule has 0 aromatic carbocycles. The maximum Gasteiger partial charge on any atom is 0.306 e. The SMILES string of the molecule is CCCC(=O)O[C@H]1CC[C@@]2(C)C(=CC[C@H]3C4CC[C@H]([C@H](C)C=CC=C(C)C)[C@@]4(C)CC[C@@H]32)C1. The predicted molar refractivity (Wildman–Crippen MR) is 138 cm³/mol. The number of hydrogen-bond acceptors (Lipinski definition) is 2. The van der Waals surface area contributed by atoms with Gasteiger partial charge in [0.2, 0.25) is 0 Å². The Kier molecular flexibility index (Phi) is 7.32. The highest BCUT2D eigenvalue weighted by molar-refractivity contribution is 5.69. The Hall–Kier alpha value is -1.31. The quantitative estimate of drug-likeness (QED) is 0.229. The molecule has 4 aliphatic carbocycles.